The molecule has 1 aromatic heterocycles. The second-order valence-corrected chi connectivity index (χ2v) is 4.76. The minimum Gasteiger partial charge on any atom is -0.497 e. The summed E-state index contributed by atoms with van der Waals surface area (Å²) in [5.74, 6) is 1.59. The van der Waals surface area contributed by atoms with Crippen molar-refractivity contribution in [2.24, 2.45) is 0 Å². The van der Waals surface area contributed by atoms with Crippen LogP contribution in [0.2, 0.25) is 5.15 Å². The third-order valence-corrected chi connectivity index (χ3v) is 2.99. The Bertz CT molecular complexity index is 558. The summed E-state index contributed by atoms with van der Waals surface area (Å²) in [5, 5.41) is 0.511. The molecule has 1 heterocycles. The van der Waals surface area contributed by atoms with Crippen LogP contribution in [0.15, 0.2) is 30.3 Å². The molecule has 19 heavy (non-hydrogen) atoms. The monoisotopic (exact) mass is 276 g/mol. The van der Waals surface area contributed by atoms with Gasteiger partial charge in [-0.15, -0.1) is 0 Å². The summed E-state index contributed by atoms with van der Waals surface area (Å²) in [7, 11) is 1.66. The molecule has 4 heteroatoms. The van der Waals surface area contributed by atoms with Crippen LogP contribution in [0.25, 0.3) is 0 Å². The van der Waals surface area contributed by atoms with Crippen molar-refractivity contribution >= 4 is 11.6 Å². The van der Waals surface area contributed by atoms with Crippen LogP contribution in [-0.2, 0) is 12.8 Å². The molecule has 0 aliphatic heterocycles. The van der Waals surface area contributed by atoms with Gasteiger partial charge in [0.25, 0.3) is 0 Å². The molecule has 0 bridgehead atoms. The molecular weight excluding hydrogens is 260 g/mol. The Morgan fingerprint density at radius 3 is 2.79 bits per heavy atom. The summed E-state index contributed by atoms with van der Waals surface area (Å²) in [4.78, 5) is 8.82. The third-order valence-electron chi connectivity index (χ3n) is 2.80. The van der Waals surface area contributed by atoms with Crippen molar-refractivity contribution in [3.8, 4) is 5.75 Å². The molecule has 2 aromatic rings. The zero-order valence-electron chi connectivity index (χ0n) is 11.2. The van der Waals surface area contributed by atoms with Crippen LogP contribution in [0.3, 0.4) is 0 Å². The van der Waals surface area contributed by atoms with Gasteiger partial charge in [0.05, 0.1) is 7.11 Å². The first-order valence-corrected chi connectivity index (χ1v) is 6.74. The number of nitrogens with zero attached hydrogens (tertiary/aromatic N) is 2. The number of halogens is 1. The van der Waals surface area contributed by atoms with E-state index < -0.39 is 0 Å². The topological polar surface area (TPSA) is 35.0 Å². The van der Waals surface area contributed by atoms with E-state index in [0.29, 0.717) is 11.6 Å². The van der Waals surface area contributed by atoms with E-state index in [9.17, 15) is 0 Å². The summed E-state index contributed by atoms with van der Waals surface area (Å²) < 4.78 is 5.21. The SMILES string of the molecule is CCCc1cc(Cl)nc(Cc2cccc(OC)c2)n1. The normalized spacial score (nSPS) is 10.5. The fourth-order valence-electron chi connectivity index (χ4n) is 1.94. The number of benzene rings is 1. The largest absolute Gasteiger partial charge is 0.497 e. The molecular formula is C15H17ClN2O. The van der Waals surface area contributed by atoms with Crippen molar-refractivity contribution in [2.45, 2.75) is 26.2 Å². The maximum Gasteiger partial charge on any atom is 0.134 e. The highest BCUT2D eigenvalue weighted by Gasteiger charge is 2.05. The molecule has 0 aliphatic carbocycles. The number of ether oxygens (including phenoxy) is 1. The van der Waals surface area contributed by atoms with Crippen LogP contribution in [0, 0.1) is 0 Å². The van der Waals surface area contributed by atoms with Gasteiger partial charge in [-0.1, -0.05) is 37.1 Å². The second kappa shape index (κ2) is 6.53. The van der Waals surface area contributed by atoms with E-state index in [0.717, 1.165) is 35.7 Å². The molecule has 0 spiro atoms. The van der Waals surface area contributed by atoms with Gasteiger partial charge < -0.3 is 4.74 Å². The number of rotatable bonds is 5. The predicted octanol–water partition coefficient (Wildman–Crippen LogP) is 3.68. The third kappa shape index (κ3) is 3.93. The molecule has 2 rings (SSSR count). The van der Waals surface area contributed by atoms with Gasteiger partial charge in [-0.3, -0.25) is 0 Å². The molecule has 0 saturated heterocycles. The zero-order valence-corrected chi connectivity index (χ0v) is 11.9. The molecule has 3 nitrogen and oxygen atoms in total. The van der Waals surface area contributed by atoms with Gasteiger partial charge in [-0.25, -0.2) is 9.97 Å². The second-order valence-electron chi connectivity index (χ2n) is 4.38. The van der Waals surface area contributed by atoms with E-state index >= 15 is 0 Å². The zero-order chi connectivity index (χ0) is 13.7. The van der Waals surface area contributed by atoms with Gasteiger partial charge in [-0.05, 0) is 30.2 Å². The van der Waals surface area contributed by atoms with Gasteiger partial charge in [0.2, 0.25) is 0 Å². The van der Waals surface area contributed by atoms with Crippen LogP contribution in [0.4, 0.5) is 0 Å². The Morgan fingerprint density at radius 1 is 1.21 bits per heavy atom. The Balaban J connectivity index is 2.22. The highest BCUT2D eigenvalue weighted by molar-refractivity contribution is 6.29. The molecule has 0 N–H and O–H groups in total. The quantitative estimate of drug-likeness (QED) is 0.782. The van der Waals surface area contributed by atoms with E-state index in [2.05, 4.69) is 16.9 Å². The van der Waals surface area contributed by atoms with Gasteiger partial charge in [0, 0.05) is 12.1 Å². The van der Waals surface area contributed by atoms with Gasteiger partial charge in [0.15, 0.2) is 0 Å². The fraction of sp³-hybridized carbons (Fsp3) is 0.333. The van der Waals surface area contributed by atoms with E-state index in [1.54, 1.807) is 7.11 Å². The van der Waals surface area contributed by atoms with E-state index in [1.165, 1.54) is 0 Å². The highest BCUT2D eigenvalue weighted by atomic mass is 35.5. The summed E-state index contributed by atoms with van der Waals surface area (Å²) in [5.41, 5.74) is 2.12. The number of hydrogen-bond acceptors (Lipinski definition) is 3. The van der Waals surface area contributed by atoms with Crippen LogP contribution >= 0.6 is 11.6 Å². The summed E-state index contributed by atoms with van der Waals surface area (Å²) in [6.45, 7) is 2.12. The molecule has 0 radical (unpaired) electrons. The maximum atomic E-state index is 6.03. The number of hydrogen-bond donors (Lipinski definition) is 0. The summed E-state index contributed by atoms with van der Waals surface area (Å²) >= 11 is 6.03. The highest BCUT2D eigenvalue weighted by Crippen LogP contribution is 2.16. The van der Waals surface area contributed by atoms with Crippen LogP contribution in [0.5, 0.6) is 5.75 Å². The predicted molar refractivity (Wildman–Crippen MR) is 76.8 cm³/mol. The average molecular weight is 277 g/mol. The van der Waals surface area contributed by atoms with E-state index in [1.807, 2.05) is 30.3 Å². The molecule has 1 aromatic carbocycles. The summed E-state index contributed by atoms with van der Waals surface area (Å²) in [6.07, 6.45) is 2.63. The molecule has 0 unspecified atom stereocenters. The van der Waals surface area contributed by atoms with E-state index in [4.69, 9.17) is 16.3 Å². The summed E-state index contributed by atoms with van der Waals surface area (Å²) in [6, 6.07) is 9.74. The Morgan fingerprint density at radius 2 is 2.05 bits per heavy atom. The van der Waals surface area contributed by atoms with Crippen molar-refractivity contribution in [3.63, 3.8) is 0 Å². The molecule has 0 amide bonds. The lowest BCUT2D eigenvalue weighted by Gasteiger charge is -2.06. The van der Waals surface area contributed by atoms with Crippen molar-refractivity contribution in [2.75, 3.05) is 7.11 Å². The van der Waals surface area contributed by atoms with Crippen molar-refractivity contribution in [1.82, 2.24) is 9.97 Å². The molecule has 0 aliphatic rings. The minimum absolute atomic E-state index is 0.511. The fourth-order valence-corrected chi connectivity index (χ4v) is 2.17. The Labute approximate surface area is 118 Å². The molecule has 0 saturated carbocycles. The Hall–Kier alpha value is -1.61. The first-order chi connectivity index (χ1) is 9.21. The van der Waals surface area contributed by atoms with Crippen LogP contribution in [0.1, 0.15) is 30.4 Å². The first-order valence-electron chi connectivity index (χ1n) is 6.36. The molecule has 100 valence electrons. The van der Waals surface area contributed by atoms with Crippen molar-refractivity contribution in [3.05, 3.63) is 52.6 Å². The van der Waals surface area contributed by atoms with Gasteiger partial charge in [0.1, 0.15) is 16.7 Å². The van der Waals surface area contributed by atoms with Crippen molar-refractivity contribution in [1.29, 1.82) is 0 Å². The minimum atomic E-state index is 0.511. The molecule has 0 atom stereocenters. The lowest BCUT2D eigenvalue weighted by atomic mass is 10.1. The lowest BCUT2D eigenvalue weighted by molar-refractivity contribution is 0.414. The number of methoxy groups -OCH3 is 1. The van der Waals surface area contributed by atoms with Gasteiger partial charge >= 0.3 is 0 Å². The lowest BCUT2D eigenvalue weighted by Crippen LogP contribution is -2.01. The first kappa shape index (κ1) is 13.8. The smallest absolute Gasteiger partial charge is 0.134 e. The average Bonchev–Trinajstić information content (AvgIpc) is 2.38. The standard InChI is InChI=1S/C15H17ClN2O/c1-3-5-12-10-14(16)18-15(17-12)9-11-6-4-7-13(8-11)19-2/h4,6-8,10H,3,5,9H2,1-2H3. The number of aryl methyl sites for hydroxylation is 1. The Kier molecular flexibility index (Phi) is 4.74. The van der Waals surface area contributed by atoms with Crippen LogP contribution in [-0.4, -0.2) is 17.1 Å². The van der Waals surface area contributed by atoms with E-state index in [-0.39, 0.29) is 0 Å². The van der Waals surface area contributed by atoms with Crippen molar-refractivity contribution < 1.29 is 4.74 Å². The van der Waals surface area contributed by atoms with Gasteiger partial charge in [-0.2, -0.15) is 0 Å². The maximum absolute atomic E-state index is 6.03. The number of aromatic nitrogens is 2. The van der Waals surface area contributed by atoms with Crippen LogP contribution < -0.4 is 4.74 Å². The molecule has 0 fully saturated rings.